The van der Waals surface area contributed by atoms with E-state index in [2.05, 4.69) is 36.8 Å². The van der Waals surface area contributed by atoms with E-state index >= 15 is 0 Å². The van der Waals surface area contributed by atoms with Gasteiger partial charge in [-0.25, -0.2) is 9.59 Å². The van der Waals surface area contributed by atoms with Crippen LogP contribution in [-0.4, -0.2) is 30.1 Å². The number of carbonyl (C=O) groups is 2. The molecule has 1 rings (SSSR count). The Hall–Kier alpha value is -0.950. The van der Waals surface area contributed by atoms with Gasteiger partial charge in [-0.3, -0.25) is 4.98 Å². The fraction of sp³-hybridized carbons (Fsp3) is 0.417. The quantitative estimate of drug-likeness (QED) is 0.566. The molecule has 0 aromatic carbocycles. The van der Waals surface area contributed by atoms with Crippen molar-refractivity contribution >= 4 is 43.8 Å². The summed E-state index contributed by atoms with van der Waals surface area (Å²) in [7, 11) is 0. The third-order valence-electron chi connectivity index (χ3n) is 2.13. The van der Waals surface area contributed by atoms with Crippen LogP contribution in [0.4, 0.5) is 0 Å². The number of hydrogen-bond acceptors (Lipinski definition) is 5. The lowest BCUT2D eigenvalue weighted by molar-refractivity contribution is 0.0523. The van der Waals surface area contributed by atoms with Gasteiger partial charge in [-0.05, 0) is 19.9 Å². The van der Waals surface area contributed by atoms with E-state index in [0.717, 1.165) is 0 Å². The van der Waals surface area contributed by atoms with E-state index in [4.69, 9.17) is 9.47 Å². The molecule has 0 fully saturated rings. The van der Waals surface area contributed by atoms with Crippen LogP contribution in [0.25, 0.3) is 0 Å². The molecule has 1 heterocycles. The fourth-order valence-corrected chi connectivity index (χ4v) is 2.08. The number of alkyl halides is 2. The van der Waals surface area contributed by atoms with Crippen LogP contribution in [0, 0.1) is 0 Å². The average molecular weight is 395 g/mol. The molecule has 1 aromatic rings. The number of rotatable bonds is 5. The van der Waals surface area contributed by atoms with E-state index in [0.29, 0.717) is 5.69 Å². The third-order valence-corrected chi connectivity index (χ3v) is 3.00. The SMILES string of the molecule is CCOC(=O)c1cnc(C(Br)Br)c(C(=O)OCC)c1. The van der Waals surface area contributed by atoms with E-state index < -0.39 is 11.9 Å². The summed E-state index contributed by atoms with van der Waals surface area (Å²) in [6, 6.07) is 1.42. The van der Waals surface area contributed by atoms with Gasteiger partial charge >= 0.3 is 11.9 Å². The molecule has 0 aliphatic rings. The van der Waals surface area contributed by atoms with Crippen LogP contribution in [0.15, 0.2) is 12.3 Å². The smallest absolute Gasteiger partial charge is 0.340 e. The molecule has 0 radical (unpaired) electrons. The zero-order valence-electron chi connectivity index (χ0n) is 10.5. The van der Waals surface area contributed by atoms with Crippen molar-refractivity contribution in [3.63, 3.8) is 0 Å². The molecule has 19 heavy (non-hydrogen) atoms. The number of carbonyl (C=O) groups excluding carboxylic acids is 2. The maximum Gasteiger partial charge on any atom is 0.340 e. The van der Waals surface area contributed by atoms with Crippen LogP contribution in [-0.2, 0) is 9.47 Å². The Morgan fingerprint density at radius 3 is 2.32 bits per heavy atom. The van der Waals surface area contributed by atoms with Gasteiger partial charge in [-0.15, -0.1) is 0 Å². The Balaban J connectivity index is 3.18. The summed E-state index contributed by atoms with van der Waals surface area (Å²) in [6.45, 7) is 3.92. The molecule has 0 atom stereocenters. The topological polar surface area (TPSA) is 65.5 Å². The van der Waals surface area contributed by atoms with E-state index in [-0.39, 0.29) is 28.1 Å². The molecule has 0 aliphatic carbocycles. The van der Waals surface area contributed by atoms with Gasteiger partial charge in [-0.1, -0.05) is 31.9 Å². The largest absolute Gasteiger partial charge is 0.462 e. The van der Waals surface area contributed by atoms with Gasteiger partial charge in [0.2, 0.25) is 0 Å². The van der Waals surface area contributed by atoms with Crippen LogP contribution in [0.1, 0.15) is 44.0 Å². The summed E-state index contributed by atoms with van der Waals surface area (Å²) in [5.41, 5.74) is 0.895. The second kappa shape index (κ2) is 7.59. The minimum atomic E-state index is -0.528. The predicted octanol–water partition coefficient (Wildman–Crippen LogP) is 3.22. The van der Waals surface area contributed by atoms with E-state index in [1.807, 2.05) is 0 Å². The maximum absolute atomic E-state index is 11.8. The molecule has 0 saturated carbocycles. The number of halogens is 2. The minimum Gasteiger partial charge on any atom is -0.462 e. The first-order valence-corrected chi connectivity index (χ1v) is 7.46. The van der Waals surface area contributed by atoms with Gasteiger partial charge in [0.05, 0.1) is 30.0 Å². The maximum atomic E-state index is 11.8. The fourth-order valence-electron chi connectivity index (χ4n) is 1.35. The molecule has 0 amide bonds. The first-order chi connectivity index (χ1) is 9.01. The molecule has 104 valence electrons. The van der Waals surface area contributed by atoms with Gasteiger partial charge in [0, 0.05) is 6.20 Å². The summed E-state index contributed by atoms with van der Waals surface area (Å²) in [5, 5.41) is 0. The van der Waals surface area contributed by atoms with Gasteiger partial charge in [0.1, 0.15) is 3.74 Å². The monoisotopic (exact) mass is 393 g/mol. The van der Waals surface area contributed by atoms with Crippen molar-refractivity contribution in [1.29, 1.82) is 0 Å². The number of hydrogen-bond donors (Lipinski definition) is 0. The van der Waals surface area contributed by atoms with Crippen molar-refractivity contribution in [1.82, 2.24) is 4.98 Å². The van der Waals surface area contributed by atoms with Gasteiger partial charge in [0.15, 0.2) is 0 Å². The molecule has 0 N–H and O–H groups in total. The summed E-state index contributed by atoms with van der Waals surface area (Å²) in [4.78, 5) is 27.6. The first kappa shape index (κ1) is 16.1. The molecular weight excluding hydrogens is 382 g/mol. The predicted molar refractivity (Wildman–Crippen MR) is 76.7 cm³/mol. The molecule has 0 bridgehead atoms. The van der Waals surface area contributed by atoms with Crippen molar-refractivity contribution < 1.29 is 19.1 Å². The highest BCUT2D eigenvalue weighted by Crippen LogP contribution is 2.30. The Labute approximate surface area is 127 Å². The number of nitrogens with zero attached hydrogens (tertiary/aromatic N) is 1. The third kappa shape index (κ3) is 4.28. The summed E-state index contributed by atoms with van der Waals surface area (Å²) in [5.74, 6) is -1.05. The molecule has 7 heteroatoms. The second-order valence-electron chi connectivity index (χ2n) is 3.40. The van der Waals surface area contributed by atoms with Crippen molar-refractivity contribution in [3.8, 4) is 0 Å². The summed E-state index contributed by atoms with van der Waals surface area (Å²) in [6.07, 6.45) is 1.37. The van der Waals surface area contributed by atoms with Crippen molar-refractivity contribution in [3.05, 3.63) is 29.1 Å². The summed E-state index contributed by atoms with van der Waals surface area (Å²) < 4.78 is 9.50. The van der Waals surface area contributed by atoms with Crippen molar-refractivity contribution in [2.24, 2.45) is 0 Å². The number of aromatic nitrogens is 1. The lowest BCUT2D eigenvalue weighted by Crippen LogP contribution is -2.13. The zero-order chi connectivity index (χ0) is 14.4. The molecule has 0 aliphatic heterocycles. The Morgan fingerprint density at radius 2 is 1.79 bits per heavy atom. The standard InChI is InChI=1S/C12H13Br2NO4/c1-3-18-11(16)7-5-8(12(17)19-4-2)9(10(13)14)15-6-7/h5-6,10H,3-4H2,1-2H3. The van der Waals surface area contributed by atoms with Crippen molar-refractivity contribution in [2.75, 3.05) is 13.2 Å². The molecule has 5 nitrogen and oxygen atoms in total. The average Bonchev–Trinajstić information content (AvgIpc) is 2.38. The molecule has 0 unspecified atom stereocenters. The van der Waals surface area contributed by atoms with Gasteiger partial charge < -0.3 is 9.47 Å². The van der Waals surface area contributed by atoms with Crippen molar-refractivity contribution in [2.45, 2.75) is 17.6 Å². The van der Waals surface area contributed by atoms with Gasteiger partial charge in [-0.2, -0.15) is 0 Å². The normalized spacial score (nSPS) is 10.4. The molecule has 0 saturated heterocycles. The minimum absolute atomic E-state index is 0.217. The highest BCUT2D eigenvalue weighted by atomic mass is 79.9. The number of esters is 2. The highest BCUT2D eigenvalue weighted by molar-refractivity contribution is 9.24. The van der Waals surface area contributed by atoms with E-state index in [1.54, 1.807) is 13.8 Å². The zero-order valence-corrected chi connectivity index (χ0v) is 13.7. The highest BCUT2D eigenvalue weighted by Gasteiger charge is 2.21. The van der Waals surface area contributed by atoms with Crippen LogP contribution >= 0.6 is 31.9 Å². The Bertz CT molecular complexity index is 477. The van der Waals surface area contributed by atoms with Crippen LogP contribution in [0.5, 0.6) is 0 Å². The Morgan fingerprint density at radius 1 is 1.21 bits per heavy atom. The lowest BCUT2D eigenvalue weighted by atomic mass is 10.1. The van der Waals surface area contributed by atoms with E-state index in [1.165, 1.54) is 12.3 Å². The number of pyridine rings is 1. The first-order valence-electron chi connectivity index (χ1n) is 5.63. The molecule has 1 aromatic heterocycles. The van der Waals surface area contributed by atoms with E-state index in [9.17, 15) is 9.59 Å². The number of ether oxygens (including phenoxy) is 2. The summed E-state index contributed by atoms with van der Waals surface area (Å²) >= 11 is 6.55. The second-order valence-corrected chi connectivity index (χ2v) is 6.46. The molecule has 0 spiro atoms. The van der Waals surface area contributed by atoms with Crippen LogP contribution in [0.2, 0.25) is 0 Å². The van der Waals surface area contributed by atoms with Crippen LogP contribution in [0.3, 0.4) is 0 Å². The lowest BCUT2D eigenvalue weighted by Gasteiger charge is -2.10. The molecular formula is C12H13Br2NO4. The van der Waals surface area contributed by atoms with Crippen LogP contribution < -0.4 is 0 Å². The van der Waals surface area contributed by atoms with Gasteiger partial charge in [0.25, 0.3) is 0 Å². The Kier molecular flexibility index (Phi) is 6.44.